The number of hydrogen-bond acceptors (Lipinski definition) is 6. The SMILES string of the molecule is CCCCOC(=O)CCC(C)(C#N)N=NC(C)(C)C#N. The highest BCUT2D eigenvalue weighted by Crippen LogP contribution is 2.20. The number of nitrogens with zero attached hydrogens (tertiary/aromatic N) is 4. The summed E-state index contributed by atoms with van der Waals surface area (Å²) in [5.74, 6) is -0.338. The number of carbonyl (C=O) groups excluding carboxylic acids is 1. The molecule has 0 saturated heterocycles. The quantitative estimate of drug-likeness (QED) is 0.387. The minimum Gasteiger partial charge on any atom is -0.466 e. The monoisotopic (exact) mass is 278 g/mol. The van der Waals surface area contributed by atoms with Crippen LogP contribution in [0.25, 0.3) is 0 Å². The van der Waals surface area contributed by atoms with E-state index in [2.05, 4.69) is 10.2 Å². The van der Waals surface area contributed by atoms with Crippen LogP contribution < -0.4 is 0 Å². The number of esters is 1. The number of azo groups is 1. The Labute approximate surface area is 120 Å². The molecular weight excluding hydrogens is 256 g/mol. The molecule has 6 nitrogen and oxygen atoms in total. The average Bonchev–Trinajstić information content (AvgIpc) is 2.43. The molecule has 0 aliphatic rings. The van der Waals surface area contributed by atoms with Gasteiger partial charge in [-0.15, -0.1) is 0 Å². The highest BCUT2D eigenvalue weighted by Gasteiger charge is 2.26. The van der Waals surface area contributed by atoms with Crippen molar-refractivity contribution in [3.05, 3.63) is 0 Å². The number of nitriles is 2. The van der Waals surface area contributed by atoms with Crippen molar-refractivity contribution in [3.8, 4) is 12.1 Å². The van der Waals surface area contributed by atoms with E-state index >= 15 is 0 Å². The zero-order valence-electron chi connectivity index (χ0n) is 12.6. The van der Waals surface area contributed by atoms with Crippen LogP contribution in [0.3, 0.4) is 0 Å². The molecule has 0 aliphatic carbocycles. The second kappa shape index (κ2) is 8.27. The topological polar surface area (TPSA) is 98.6 Å². The molecule has 0 bridgehead atoms. The zero-order valence-corrected chi connectivity index (χ0v) is 12.6. The number of unbranched alkanes of at least 4 members (excludes halogenated alkanes) is 1. The Balaban J connectivity index is 4.44. The molecule has 0 heterocycles. The third kappa shape index (κ3) is 7.48. The molecule has 0 aliphatic heterocycles. The van der Waals surface area contributed by atoms with Crippen LogP contribution in [-0.2, 0) is 9.53 Å². The smallest absolute Gasteiger partial charge is 0.305 e. The largest absolute Gasteiger partial charge is 0.466 e. The van der Waals surface area contributed by atoms with Gasteiger partial charge in [-0.25, -0.2) is 0 Å². The fourth-order valence-corrected chi connectivity index (χ4v) is 1.13. The summed E-state index contributed by atoms with van der Waals surface area (Å²) in [5.41, 5.74) is -2.09. The van der Waals surface area contributed by atoms with E-state index in [1.807, 2.05) is 19.1 Å². The molecule has 0 rings (SSSR count). The maximum absolute atomic E-state index is 11.5. The first-order valence-electron chi connectivity index (χ1n) is 6.71. The third-order valence-corrected chi connectivity index (χ3v) is 2.61. The van der Waals surface area contributed by atoms with Gasteiger partial charge in [0.1, 0.15) is 0 Å². The predicted molar refractivity (Wildman–Crippen MR) is 73.7 cm³/mol. The van der Waals surface area contributed by atoms with Gasteiger partial charge in [0.25, 0.3) is 0 Å². The Morgan fingerprint density at radius 1 is 1.20 bits per heavy atom. The molecule has 20 heavy (non-hydrogen) atoms. The molecule has 0 N–H and O–H groups in total. The van der Waals surface area contributed by atoms with Crippen LogP contribution in [0.5, 0.6) is 0 Å². The van der Waals surface area contributed by atoms with Crippen molar-refractivity contribution < 1.29 is 9.53 Å². The summed E-state index contributed by atoms with van der Waals surface area (Å²) in [4.78, 5) is 11.5. The van der Waals surface area contributed by atoms with Crippen molar-refractivity contribution >= 4 is 5.97 Å². The van der Waals surface area contributed by atoms with Gasteiger partial charge in [-0.1, -0.05) is 13.3 Å². The summed E-state index contributed by atoms with van der Waals surface area (Å²) in [6.45, 7) is 7.21. The Morgan fingerprint density at radius 2 is 1.85 bits per heavy atom. The van der Waals surface area contributed by atoms with Gasteiger partial charge in [0.15, 0.2) is 11.1 Å². The Kier molecular flexibility index (Phi) is 7.46. The van der Waals surface area contributed by atoms with E-state index in [1.165, 1.54) is 0 Å². The second-order valence-electron chi connectivity index (χ2n) is 5.33. The fourth-order valence-electron chi connectivity index (χ4n) is 1.13. The first-order valence-corrected chi connectivity index (χ1v) is 6.71. The molecule has 0 aromatic heterocycles. The number of carbonyl (C=O) groups is 1. The van der Waals surface area contributed by atoms with Gasteiger partial charge in [0, 0.05) is 6.42 Å². The van der Waals surface area contributed by atoms with Crippen LogP contribution >= 0.6 is 0 Å². The van der Waals surface area contributed by atoms with Crippen molar-refractivity contribution in [3.63, 3.8) is 0 Å². The van der Waals surface area contributed by atoms with Crippen LogP contribution in [0.1, 0.15) is 53.4 Å². The van der Waals surface area contributed by atoms with Crippen molar-refractivity contribution in [2.24, 2.45) is 10.2 Å². The van der Waals surface area contributed by atoms with Gasteiger partial charge >= 0.3 is 5.97 Å². The summed E-state index contributed by atoms with van der Waals surface area (Å²) in [5, 5.41) is 25.8. The first kappa shape index (κ1) is 18.0. The molecule has 0 amide bonds. The lowest BCUT2D eigenvalue weighted by Gasteiger charge is -2.16. The first-order chi connectivity index (χ1) is 9.28. The molecule has 0 aromatic carbocycles. The Hall–Kier alpha value is -1.95. The minimum atomic E-state index is -1.11. The minimum absolute atomic E-state index is 0.111. The van der Waals surface area contributed by atoms with Gasteiger partial charge in [-0.2, -0.15) is 20.8 Å². The molecule has 0 saturated carbocycles. The molecule has 6 heteroatoms. The average molecular weight is 278 g/mol. The van der Waals surface area contributed by atoms with E-state index < -0.39 is 11.1 Å². The summed E-state index contributed by atoms with van der Waals surface area (Å²) in [7, 11) is 0. The lowest BCUT2D eigenvalue weighted by molar-refractivity contribution is -0.144. The predicted octanol–water partition coefficient (Wildman–Crippen LogP) is 3.15. The van der Waals surface area contributed by atoms with Gasteiger partial charge in [-0.05, 0) is 33.6 Å². The van der Waals surface area contributed by atoms with Gasteiger partial charge < -0.3 is 4.74 Å². The van der Waals surface area contributed by atoms with E-state index in [4.69, 9.17) is 15.3 Å². The van der Waals surface area contributed by atoms with Crippen LogP contribution in [0.4, 0.5) is 0 Å². The molecule has 0 fully saturated rings. The standard InChI is InChI=1S/C14H22N4O2/c1-5-6-9-20-12(19)7-8-14(4,11-16)18-17-13(2,3)10-15/h5-9H2,1-4H3. The lowest BCUT2D eigenvalue weighted by Crippen LogP contribution is -2.23. The maximum Gasteiger partial charge on any atom is 0.305 e. The molecule has 110 valence electrons. The van der Waals surface area contributed by atoms with E-state index in [9.17, 15) is 4.79 Å². The second-order valence-corrected chi connectivity index (χ2v) is 5.33. The van der Waals surface area contributed by atoms with E-state index in [0.29, 0.717) is 6.61 Å². The molecule has 0 aromatic rings. The number of ether oxygens (including phenoxy) is 1. The van der Waals surface area contributed by atoms with Crippen molar-refractivity contribution in [1.82, 2.24) is 0 Å². The lowest BCUT2D eigenvalue weighted by atomic mass is 9.99. The number of hydrogen-bond donors (Lipinski definition) is 0. The third-order valence-electron chi connectivity index (χ3n) is 2.61. The van der Waals surface area contributed by atoms with E-state index in [0.717, 1.165) is 12.8 Å². The Bertz CT molecular complexity index is 431. The molecule has 1 unspecified atom stereocenters. The van der Waals surface area contributed by atoms with Crippen molar-refractivity contribution in [1.29, 1.82) is 10.5 Å². The van der Waals surface area contributed by atoms with Crippen molar-refractivity contribution in [2.45, 2.75) is 64.5 Å². The summed E-state index contributed by atoms with van der Waals surface area (Å²) in [6, 6.07) is 4.00. The van der Waals surface area contributed by atoms with Crippen LogP contribution in [0, 0.1) is 22.7 Å². The highest BCUT2D eigenvalue weighted by molar-refractivity contribution is 5.69. The summed E-state index contributed by atoms with van der Waals surface area (Å²) in [6.07, 6.45) is 2.12. The van der Waals surface area contributed by atoms with E-state index in [-0.39, 0.29) is 18.8 Å². The van der Waals surface area contributed by atoms with Gasteiger partial charge in [0.2, 0.25) is 0 Å². The van der Waals surface area contributed by atoms with Crippen LogP contribution in [0.15, 0.2) is 10.2 Å². The zero-order chi connectivity index (χ0) is 15.6. The maximum atomic E-state index is 11.5. The number of rotatable bonds is 8. The van der Waals surface area contributed by atoms with Crippen molar-refractivity contribution in [2.75, 3.05) is 6.61 Å². The Morgan fingerprint density at radius 3 is 2.35 bits per heavy atom. The normalized spacial score (nSPS) is 14.3. The molecule has 0 radical (unpaired) electrons. The fraction of sp³-hybridized carbons (Fsp3) is 0.786. The molecule has 0 spiro atoms. The van der Waals surface area contributed by atoms with Crippen LogP contribution in [-0.4, -0.2) is 23.7 Å². The van der Waals surface area contributed by atoms with Gasteiger partial charge in [0.05, 0.1) is 18.7 Å². The molecule has 1 atom stereocenters. The highest BCUT2D eigenvalue weighted by atomic mass is 16.5. The summed E-state index contributed by atoms with van der Waals surface area (Å²) < 4.78 is 5.02. The van der Waals surface area contributed by atoms with E-state index in [1.54, 1.807) is 20.8 Å². The van der Waals surface area contributed by atoms with Gasteiger partial charge in [-0.3, -0.25) is 4.79 Å². The van der Waals surface area contributed by atoms with Crippen LogP contribution in [0.2, 0.25) is 0 Å². The molecular formula is C14H22N4O2. The summed E-state index contributed by atoms with van der Waals surface area (Å²) >= 11 is 0.